The Morgan fingerprint density at radius 2 is 1.56 bits per heavy atom. The van der Waals surface area contributed by atoms with E-state index in [-0.39, 0.29) is 17.1 Å². The molecular weight excluding hydrogens is 366 g/mol. The van der Waals surface area contributed by atoms with Crippen molar-refractivity contribution in [1.29, 1.82) is 0 Å². The molecule has 1 rings (SSSR count). The van der Waals surface area contributed by atoms with Crippen LogP contribution in [0, 0.1) is 0 Å². The first kappa shape index (κ1) is 24.2. The molecule has 0 bridgehead atoms. The first-order valence-electron chi connectivity index (χ1n) is 10.1. The number of unbranched alkanes of at least 4 members (excludes halogenated alkanes) is 5. The highest BCUT2D eigenvalue weighted by Gasteiger charge is 2.46. The van der Waals surface area contributed by atoms with Crippen molar-refractivity contribution >= 4 is 16.1 Å². The van der Waals surface area contributed by atoms with Gasteiger partial charge in [-0.15, -0.1) is 0 Å². The Morgan fingerprint density at radius 3 is 2.07 bits per heavy atom. The molecule has 160 valence electrons. The van der Waals surface area contributed by atoms with E-state index in [1.165, 1.54) is 32.1 Å². The second-order valence-electron chi connectivity index (χ2n) is 8.97. The number of hydroxylamine groups is 2. The van der Waals surface area contributed by atoms with Crippen molar-refractivity contribution < 1.29 is 18.0 Å². The second-order valence-corrected chi connectivity index (χ2v) is 10.7. The fraction of sp³-hybridized carbons (Fsp3) is 0.947. The molecule has 7 nitrogen and oxygen atoms in total. The minimum atomic E-state index is -3.56. The molecule has 1 aliphatic heterocycles. The molecule has 0 atom stereocenters. The van der Waals surface area contributed by atoms with Crippen molar-refractivity contribution in [1.82, 2.24) is 15.1 Å². The first-order valence-corrected chi connectivity index (χ1v) is 12.0. The van der Waals surface area contributed by atoms with Crippen LogP contribution in [0.1, 0.15) is 86.0 Å². The van der Waals surface area contributed by atoms with Crippen LogP contribution in [0.25, 0.3) is 0 Å². The van der Waals surface area contributed by atoms with E-state index in [2.05, 4.69) is 45.0 Å². The number of hydrogen-bond donors (Lipinski definition) is 2. The lowest BCUT2D eigenvalue weighted by Gasteiger charge is -2.53. The highest BCUT2D eigenvalue weighted by Crippen LogP contribution is 2.38. The van der Waals surface area contributed by atoms with Crippen LogP contribution in [0.4, 0.5) is 4.79 Å². The average Bonchev–Trinajstić information content (AvgIpc) is 2.45. The van der Waals surface area contributed by atoms with E-state index >= 15 is 0 Å². The Kier molecular flexibility index (Phi) is 9.02. The number of piperidine rings is 1. The lowest BCUT2D eigenvalue weighted by atomic mass is 9.79. The quantitative estimate of drug-likeness (QED) is 0.543. The number of urea groups is 1. The molecule has 0 radical (unpaired) electrons. The summed E-state index contributed by atoms with van der Waals surface area (Å²) in [5.74, 6) is 0. The zero-order valence-corrected chi connectivity index (χ0v) is 18.7. The van der Waals surface area contributed by atoms with Crippen molar-refractivity contribution in [2.75, 3.05) is 12.9 Å². The number of rotatable bonds is 10. The molecule has 2 N–H and O–H groups in total. The third-order valence-corrected chi connectivity index (χ3v) is 5.48. The maximum atomic E-state index is 11.9. The molecule has 0 spiro atoms. The van der Waals surface area contributed by atoms with Crippen LogP contribution < -0.4 is 10.0 Å². The zero-order valence-electron chi connectivity index (χ0n) is 17.9. The van der Waals surface area contributed by atoms with Crippen molar-refractivity contribution in [3.8, 4) is 0 Å². The highest BCUT2D eigenvalue weighted by molar-refractivity contribution is 7.89. The Balaban J connectivity index is 2.55. The SMILES string of the molecule is CCCCCCCCON1C(C)(C)CC(NC(=O)NS(C)(=O)=O)CC1(C)C. The molecule has 1 aliphatic rings. The Hall–Kier alpha value is -0.860. The van der Waals surface area contributed by atoms with Crippen molar-refractivity contribution in [2.45, 2.75) is 103 Å². The Bertz CT molecular complexity index is 558. The van der Waals surface area contributed by atoms with Gasteiger partial charge in [0.2, 0.25) is 10.0 Å². The number of hydrogen-bond acceptors (Lipinski definition) is 5. The van der Waals surface area contributed by atoms with Gasteiger partial charge in [-0.3, -0.25) is 4.84 Å². The highest BCUT2D eigenvalue weighted by atomic mass is 32.2. The standard InChI is InChI=1S/C19H39N3O4S/c1-7-8-9-10-11-12-13-26-22-18(2,3)14-16(15-19(22,4)5)20-17(23)21-27(6,24)25/h16H,7-15H2,1-6H3,(H2,20,21,23). The second kappa shape index (κ2) is 10.1. The Morgan fingerprint density at radius 1 is 1.04 bits per heavy atom. The van der Waals surface area contributed by atoms with E-state index in [4.69, 9.17) is 4.84 Å². The van der Waals surface area contributed by atoms with E-state index in [1.807, 2.05) is 4.72 Å². The van der Waals surface area contributed by atoms with Gasteiger partial charge in [0.1, 0.15) is 0 Å². The van der Waals surface area contributed by atoms with Crippen LogP contribution >= 0.6 is 0 Å². The topological polar surface area (TPSA) is 87.7 Å². The summed E-state index contributed by atoms with van der Waals surface area (Å²) in [6.45, 7) is 11.3. The normalized spacial score (nSPS) is 20.4. The van der Waals surface area contributed by atoms with Crippen LogP contribution in [0.5, 0.6) is 0 Å². The molecule has 8 heteroatoms. The van der Waals surface area contributed by atoms with Gasteiger partial charge in [0.25, 0.3) is 0 Å². The molecule has 2 amide bonds. The van der Waals surface area contributed by atoms with Gasteiger partial charge in [0.05, 0.1) is 12.9 Å². The Labute approximate surface area is 165 Å². The lowest BCUT2D eigenvalue weighted by Crippen LogP contribution is -2.64. The largest absolute Gasteiger partial charge is 0.334 e. The van der Waals surface area contributed by atoms with Gasteiger partial charge in [-0.2, -0.15) is 5.06 Å². The summed E-state index contributed by atoms with van der Waals surface area (Å²) in [5.41, 5.74) is -0.542. The van der Waals surface area contributed by atoms with Gasteiger partial charge in [-0.05, 0) is 47.0 Å². The molecular formula is C19H39N3O4S. The molecule has 1 saturated heterocycles. The van der Waals surface area contributed by atoms with E-state index in [0.29, 0.717) is 19.4 Å². The summed E-state index contributed by atoms with van der Waals surface area (Å²) in [6.07, 6.45) is 9.67. The van der Waals surface area contributed by atoms with Crippen LogP contribution in [0.2, 0.25) is 0 Å². The van der Waals surface area contributed by atoms with E-state index in [1.54, 1.807) is 0 Å². The van der Waals surface area contributed by atoms with Crippen molar-refractivity contribution in [3.63, 3.8) is 0 Å². The van der Waals surface area contributed by atoms with Crippen LogP contribution in [0.15, 0.2) is 0 Å². The maximum Gasteiger partial charge on any atom is 0.328 e. The van der Waals surface area contributed by atoms with Gasteiger partial charge < -0.3 is 5.32 Å². The number of sulfonamides is 1. The summed E-state index contributed by atoms with van der Waals surface area (Å²) >= 11 is 0. The minimum Gasteiger partial charge on any atom is -0.334 e. The fourth-order valence-electron chi connectivity index (χ4n) is 4.14. The minimum absolute atomic E-state index is 0.120. The van der Waals surface area contributed by atoms with Crippen LogP contribution in [-0.4, -0.2) is 49.5 Å². The number of carbonyl (C=O) groups excluding carboxylic acids is 1. The molecule has 0 unspecified atom stereocenters. The molecule has 0 saturated carbocycles. The third kappa shape index (κ3) is 8.79. The maximum absolute atomic E-state index is 11.9. The molecule has 1 heterocycles. The number of carbonyl (C=O) groups is 1. The molecule has 1 fully saturated rings. The molecule has 0 aromatic carbocycles. The number of nitrogens with zero attached hydrogens (tertiary/aromatic N) is 1. The summed E-state index contributed by atoms with van der Waals surface area (Å²) < 4.78 is 24.4. The predicted molar refractivity (Wildman–Crippen MR) is 109 cm³/mol. The van der Waals surface area contributed by atoms with Gasteiger partial charge in [-0.1, -0.05) is 39.0 Å². The van der Waals surface area contributed by atoms with Crippen molar-refractivity contribution in [2.24, 2.45) is 0 Å². The van der Waals surface area contributed by atoms with Crippen molar-refractivity contribution in [3.05, 3.63) is 0 Å². The van der Waals surface area contributed by atoms with Crippen LogP contribution in [0.3, 0.4) is 0 Å². The van der Waals surface area contributed by atoms with Gasteiger partial charge in [-0.25, -0.2) is 17.9 Å². The zero-order chi connectivity index (χ0) is 20.7. The average molecular weight is 406 g/mol. The lowest BCUT2D eigenvalue weighted by molar-refractivity contribution is -0.284. The van der Waals surface area contributed by atoms with Gasteiger partial charge >= 0.3 is 6.03 Å². The molecule has 0 aromatic heterocycles. The van der Waals surface area contributed by atoms with E-state index < -0.39 is 16.1 Å². The van der Waals surface area contributed by atoms with Gasteiger partial charge in [0.15, 0.2) is 0 Å². The van der Waals surface area contributed by atoms with Gasteiger partial charge in [0, 0.05) is 17.1 Å². The molecule has 27 heavy (non-hydrogen) atoms. The first-order chi connectivity index (χ1) is 12.4. The fourth-order valence-corrected chi connectivity index (χ4v) is 4.53. The molecule has 0 aliphatic carbocycles. The monoisotopic (exact) mass is 405 g/mol. The number of nitrogens with one attached hydrogen (secondary N) is 2. The summed E-state index contributed by atoms with van der Waals surface area (Å²) in [4.78, 5) is 18.1. The number of amides is 2. The summed E-state index contributed by atoms with van der Waals surface area (Å²) in [5, 5.41) is 4.86. The van der Waals surface area contributed by atoms with E-state index in [9.17, 15) is 13.2 Å². The third-order valence-electron chi connectivity index (χ3n) is 4.92. The van der Waals surface area contributed by atoms with E-state index in [0.717, 1.165) is 12.7 Å². The smallest absolute Gasteiger partial charge is 0.328 e. The molecule has 0 aromatic rings. The predicted octanol–water partition coefficient (Wildman–Crippen LogP) is 3.56. The summed E-state index contributed by atoms with van der Waals surface area (Å²) in [7, 11) is -3.56. The van der Waals surface area contributed by atoms with Crippen LogP contribution in [-0.2, 0) is 14.9 Å². The summed E-state index contributed by atoms with van der Waals surface area (Å²) in [6, 6.07) is -0.791.